The Morgan fingerprint density at radius 1 is 1.56 bits per heavy atom. The van der Waals surface area contributed by atoms with E-state index in [1.165, 1.54) is 12.4 Å². The molecule has 0 aliphatic rings. The van der Waals surface area contributed by atoms with Gasteiger partial charge in [0.15, 0.2) is 0 Å². The predicted molar refractivity (Wildman–Crippen MR) is 33.9 cm³/mol. The third kappa shape index (κ3) is 1.25. The van der Waals surface area contributed by atoms with Crippen molar-refractivity contribution in [2.75, 3.05) is 0 Å². The molecule has 0 saturated heterocycles. The van der Waals surface area contributed by atoms with E-state index in [9.17, 15) is 4.79 Å². The van der Waals surface area contributed by atoms with Crippen molar-refractivity contribution in [2.24, 2.45) is 5.73 Å². The van der Waals surface area contributed by atoms with E-state index in [1.807, 2.05) is 0 Å². The third-order valence-electron chi connectivity index (χ3n) is 0.965. The molecule has 1 aromatic rings. The summed E-state index contributed by atoms with van der Waals surface area (Å²) in [6, 6.07) is 3.14. The van der Waals surface area contributed by atoms with Crippen molar-refractivity contribution in [2.45, 2.75) is 0 Å². The van der Waals surface area contributed by atoms with Crippen molar-refractivity contribution in [1.29, 1.82) is 0 Å². The number of carbonyl (C=O) groups excluding carboxylic acids is 1. The highest BCUT2D eigenvalue weighted by atomic mass is 16.1. The molecular formula is C6H7N2O+. The molecule has 0 unspecified atom stereocenters. The fraction of sp³-hybridized carbons (Fsp3) is 0. The van der Waals surface area contributed by atoms with Crippen molar-refractivity contribution >= 4 is 5.91 Å². The molecule has 0 fully saturated rings. The maximum Gasteiger partial charge on any atom is 1.00 e. The molecule has 0 aromatic carbocycles. The van der Waals surface area contributed by atoms with Crippen LogP contribution in [-0.4, -0.2) is 10.9 Å². The molecule has 1 amide bonds. The Hall–Kier alpha value is -1.38. The largest absolute Gasteiger partial charge is 1.00 e. The maximum atomic E-state index is 10.4. The molecule has 3 heteroatoms. The van der Waals surface area contributed by atoms with E-state index in [2.05, 4.69) is 4.98 Å². The zero-order chi connectivity index (χ0) is 6.69. The second kappa shape index (κ2) is 2.26. The van der Waals surface area contributed by atoms with Gasteiger partial charge in [-0.15, -0.1) is 0 Å². The molecule has 0 aliphatic heterocycles. The number of amides is 1. The van der Waals surface area contributed by atoms with Gasteiger partial charge < -0.3 is 5.73 Å². The molecule has 1 heterocycles. The van der Waals surface area contributed by atoms with E-state index in [4.69, 9.17) is 5.73 Å². The second-order valence-electron chi connectivity index (χ2n) is 1.60. The number of nitrogens with two attached hydrogens (primary N) is 1. The lowest BCUT2D eigenvalue weighted by Gasteiger charge is -1.88. The van der Waals surface area contributed by atoms with Gasteiger partial charge in [-0.2, -0.15) is 0 Å². The van der Waals surface area contributed by atoms with Gasteiger partial charge in [-0.3, -0.25) is 9.78 Å². The van der Waals surface area contributed by atoms with Gasteiger partial charge in [-0.05, 0) is 12.1 Å². The lowest BCUT2D eigenvalue weighted by atomic mass is 10.3. The van der Waals surface area contributed by atoms with Crippen LogP contribution in [0.3, 0.4) is 0 Å². The molecule has 0 spiro atoms. The Bertz CT molecular complexity index is 212. The summed E-state index contributed by atoms with van der Waals surface area (Å²) in [5.41, 5.74) is 5.44. The number of pyridine rings is 1. The Morgan fingerprint density at radius 2 is 2.11 bits per heavy atom. The molecule has 0 radical (unpaired) electrons. The van der Waals surface area contributed by atoms with Crippen molar-refractivity contribution in [3.63, 3.8) is 0 Å². The van der Waals surface area contributed by atoms with E-state index >= 15 is 0 Å². The third-order valence-corrected chi connectivity index (χ3v) is 0.965. The van der Waals surface area contributed by atoms with Gasteiger partial charge in [0, 0.05) is 18.0 Å². The quantitative estimate of drug-likeness (QED) is 0.583. The van der Waals surface area contributed by atoms with Crippen LogP contribution in [-0.2, 0) is 0 Å². The topological polar surface area (TPSA) is 56.0 Å². The average Bonchev–Trinajstić information content (AvgIpc) is 1.90. The van der Waals surface area contributed by atoms with Gasteiger partial charge in [0.1, 0.15) is 0 Å². The summed E-state index contributed by atoms with van der Waals surface area (Å²) in [4.78, 5) is 14.1. The first-order valence-corrected chi connectivity index (χ1v) is 2.50. The molecule has 9 heavy (non-hydrogen) atoms. The number of hydrogen-bond acceptors (Lipinski definition) is 2. The van der Waals surface area contributed by atoms with Crippen LogP contribution >= 0.6 is 0 Å². The predicted octanol–water partition coefficient (Wildman–Crippen LogP) is 0.293. The molecule has 0 bridgehead atoms. The van der Waals surface area contributed by atoms with Gasteiger partial charge in [0.25, 0.3) is 0 Å². The highest BCUT2D eigenvalue weighted by Gasteiger charge is 1.94. The van der Waals surface area contributed by atoms with Crippen LogP contribution in [0.2, 0.25) is 0 Å². The van der Waals surface area contributed by atoms with E-state index < -0.39 is 5.91 Å². The lowest BCUT2D eigenvalue weighted by Crippen LogP contribution is -2.10. The zero-order valence-electron chi connectivity index (χ0n) is 5.74. The van der Waals surface area contributed by atoms with Crippen LogP contribution in [0, 0.1) is 0 Å². The SMILES string of the molecule is NC(=O)c1ccncc1.[H+]. The normalized spacial score (nSPS) is 8.89. The zero-order valence-corrected chi connectivity index (χ0v) is 4.74. The number of rotatable bonds is 1. The Morgan fingerprint density at radius 3 is 2.44 bits per heavy atom. The Labute approximate surface area is 54.0 Å². The first kappa shape index (κ1) is 5.75. The minimum Gasteiger partial charge on any atom is -0.366 e. The molecule has 0 aliphatic carbocycles. The summed E-state index contributed by atoms with van der Waals surface area (Å²) in [7, 11) is 0. The first-order chi connectivity index (χ1) is 4.30. The number of carbonyl (C=O) groups is 1. The fourth-order valence-electron chi connectivity index (χ4n) is 0.516. The first-order valence-electron chi connectivity index (χ1n) is 2.50. The van der Waals surface area contributed by atoms with Crippen LogP contribution in [0.4, 0.5) is 0 Å². The molecule has 3 nitrogen and oxygen atoms in total. The van der Waals surface area contributed by atoms with Gasteiger partial charge >= 0.3 is 1.43 Å². The van der Waals surface area contributed by atoms with Crippen LogP contribution in [0.1, 0.15) is 11.8 Å². The lowest BCUT2D eigenvalue weighted by molar-refractivity contribution is 0.1000. The van der Waals surface area contributed by atoms with Crippen molar-refractivity contribution in [3.05, 3.63) is 30.1 Å². The van der Waals surface area contributed by atoms with E-state index in [1.54, 1.807) is 12.1 Å². The van der Waals surface area contributed by atoms with Crippen LogP contribution < -0.4 is 5.73 Å². The van der Waals surface area contributed by atoms with Crippen LogP contribution in [0.15, 0.2) is 24.5 Å². The Balaban J connectivity index is 0.000000810. The van der Waals surface area contributed by atoms with Crippen molar-refractivity contribution < 1.29 is 6.22 Å². The highest BCUT2D eigenvalue weighted by Crippen LogP contribution is 1.91. The van der Waals surface area contributed by atoms with E-state index in [-0.39, 0.29) is 1.43 Å². The van der Waals surface area contributed by atoms with E-state index in [0.717, 1.165) is 0 Å². The molecular weight excluding hydrogens is 116 g/mol. The second-order valence-corrected chi connectivity index (χ2v) is 1.60. The summed E-state index contributed by atoms with van der Waals surface area (Å²) in [6.45, 7) is 0. The molecule has 2 N–H and O–H groups in total. The summed E-state index contributed by atoms with van der Waals surface area (Å²) >= 11 is 0. The van der Waals surface area contributed by atoms with Crippen molar-refractivity contribution in [3.8, 4) is 0 Å². The van der Waals surface area contributed by atoms with Crippen LogP contribution in [0.5, 0.6) is 0 Å². The van der Waals surface area contributed by atoms with Gasteiger partial charge in [-0.25, -0.2) is 0 Å². The molecule has 1 aromatic heterocycles. The summed E-state index contributed by atoms with van der Waals surface area (Å²) in [5, 5.41) is 0. The van der Waals surface area contributed by atoms with Crippen LogP contribution in [0.25, 0.3) is 0 Å². The summed E-state index contributed by atoms with van der Waals surface area (Å²) in [6.07, 6.45) is 3.06. The monoisotopic (exact) mass is 123 g/mol. The minimum atomic E-state index is -0.419. The standard InChI is InChI=1S/C6H6N2O/c7-6(9)5-1-3-8-4-2-5/h1-4H,(H2,7,9)/p+1. The molecule has 46 valence electrons. The molecule has 0 atom stereocenters. The van der Waals surface area contributed by atoms with Gasteiger partial charge in [-0.1, -0.05) is 0 Å². The molecule has 0 saturated carbocycles. The number of nitrogens with zero attached hydrogens (tertiary/aromatic N) is 1. The summed E-state index contributed by atoms with van der Waals surface area (Å²) in [5.74, 6) is -0.419. The minimum absolute atomic E-state index is 0. The van der Waals surface area contributed by atoms with E-state index in [0.29, 0.717) is 5.56 Å². The van der Waals surface area contributed by atoms with Gasteiger partial charge in [0.2, 0.25) is 5.91 Å². The average molecular weight is 123 g/mol. The number of hydrogen-bond donors (Lipinski definition) is 1. The Kier molecular flexibility index (Phi) is 1.44. The number of primary amides is 1. The highest BCUT2D eigenvalue weighted by molar-refractivity contribution is 5.92. The number of aromatic nitrogens is 1. The maximum absolute atomic E-state index is 10.4. The summed E-state index contributed by atoms with van der Waals surface area (Å²) < 4.78 is 0. The smallest absolute Gasteiger partial charge is 0.366 e. The van der Waals surface area contributed by atoms with Crippen molar-refractivity contribution in [1.82, 2.24) is 4.98 Å². The van der Waals surface area contributed by atoms with Gasteiger partial charge in [0.05, 0.1) is 0 Å². The fourth-order valence-corrected chi connectivity index (χ4v) is 0.516. The molecule has 1 rings (SSSR count).